The number of amides is 1. The average Bonchev–Trinajstić information content (AvgIpc) is 3.29. The van der Waals surface area contributed by atoms with Gasteiger partial charge in [-0.25, -0.2) is 0 Å². The van der Waals surface area contributed by atoms with E-state index in [9.17, 15) is 9.59 Å². The lowest BCUT2D eigenvalue weighted by molar-refractivity contribution is -0.140. The molecule has 28 heavy (non-hydrogen) atoms. The summed E-state index contributed by atoms with van der Waals surface area (Å²) in [5.74, 6) is 0.436. The van der Waals surface area contributed by atoms with Crippen molar-refractivity contribution < 1.29 is 14.3 Å². The number of ether oxygens (including phenoxy) is 1. The fraction of sp³-hybridized carbons (Fsp3) is 0.350. The molecule has 0 spiro atoms. The monoisotopic (exact) mass is 415 g/mol. The van der Waals surface area contributed by atoms with Crippen molar-refractivity contribution in [3.8, 4) is 0 Å². The van der Waals surface area contributed by atoms with Crippen molar-refractivity contribution in [2.24, 2.45) is 0 Å². The van der Waals surface area contributed by atoms with Gasteiger partial charge in [0, 0.05) is 24.2 Å². The second-order valence-electron chi connectivity index (χ2n) is 6.69. The van der Waals surface area contributed by atoms with Crippen LogP contribution in [0.4, 0.5) is 0 Å². The Morgan fingerprint density at radius 2 is 2.07 bits per heavy atom. The first kappa shape index (κ1) is 19.0. The predicted octanol–water partition coefficient (Wildman–Crippen LogP) is 3.19. The van der Waals surface area contributed by atoms with E-state index in [1.807, 2.05) is 35.9 Å². The van der Waals surface area contributed by atoms with Crippen LogP contribution >= 0.6 is 23.1 Å². The second kappa shape index (κ2) is 7.97. The van der Waals surface area contributed by atoms with Crippen molar-refractivity contribution in [1.82, 2.24) is 14.7 Å². The first-order valence-corrected chi connectivity index (χ1v) is 10.9. The van der Waals surface area contributed by atoms with E-state index >= 15 is 0 Å². The number of aryl methyl sites for hydroxylation is 1. The minimum absolute atomic E-state index is 0.0268. The standard InChI is InChI=1S/C20H21N3O3S2/c1-13-15-10-16(18(24)22-8-9-27-17(12-22)20(25)26-2)28-19(15)23(21-13)11-14-6-4-3-5-7-14/h3-7,10,17H,8-9,11-12H2,1-2H3/t17-/m0/s1. The summed E-state index contributed by atoms with van der Waals surface area (Å²) in [6.45, 7) is 3.67. The van der Waals surface area contributed by atoms with Gasteiger partial charge in [-0.15, -0.1) is 23.1 Å². The van der Waals surface area contributed by atoms with Crippen molar-refractivity contribution in [3.05, 3.63) is 52.5 Å². The number of hydrogen-bond donors (Lipinski definition) is 0. The Labute approximate surface area is 171 Å². The van der Waals surface area contributed by atoms with Gasteiger partial charge in [0.2, 0.25) is 0 Å². The van der Waals surface area contributed by atoms with Crippen molar-refractivity contribution >= 4 is 45.2 Å². The third-order valence-corrected chi connectivity index (χ3v) is 7.11. The van der Waals surface area contributed by atoms with Crippen LogP contribution in [-0.4, -0.2) is 57.8 Å². The number of thiophene rings is 1. The van der Waals surface area contributed by atoms with E-state index in [-0.39, 0.29) is 17.1 Å². The zero-order valence-corrected chi connectivity index (χ0v) is 17.4. The highest BCUT2D eigenvalue weighted by Gasteiger charge is 2.31. The number of aromatic nitrogens is 2. The summed E-state index contributed by atoms with van der Waals surface area (Å²) in [5, 5.41) is 5.34. The number of nitrogens with zero attached hydrogens (tertiary/aromatic N) is 3. The first-order chi connectivity index (χ1) is 13.6. The summed E-state index contributed by atoms with van der Waals surface area (Å²) in [7, 11) is 1.39. The quantitative estimate of drug-likeness (QED) is 0.613. The Balaban J connectivity index is 1.58. The molecule has 1 saturated heterocycles. The molecule has 0 bridgehead atoms. The Kier molecular flexibility index (Phi) is 5.41. The van der Waals surface area contributed by atoms with E-state index in [0.717, 1.165) is 21.7 Å². The minimum Gasteiger partial charge on any atom is -0.468 e. The number of fused-ring (bicyclic) bond motifs is 1. The number of esters is 1. The van der Waals surface area contributed by atoms with Crippen LogP contribution < -0.4 is 0 Å². The lowest BCUT2D eigenvalue weighted by Crippen LogP contribution is -2.44. The van der Waals surface area contributed by atoms with Gasteiger partial charge in [0.15, 0.2) is 0 Å². The smallest absolute Gasteiger partial charge is 0.320 e. The van der Waals surface area contributed by atoms with Crippen molar-refractivity contribution in [1.29, 1.82) is 0 Å². The summed E-state index contributed by atoms with van der Waals surface area (Å²) in [6.07, 6.45) is 0. The molecule has 3 heterocycles. The molecule has 3 aromatic rings. The van der Waals surface area contributed by atoms with Gasteiger partial charge in [-0.3, -0.25) is 14.3 Å². The molecular weight excluding hydrogens is 394 g/mol. The highest BCUT2D eigenvalue weighted by Crippen LogP contribution is 2.31. The maximum absolute atomic E-state index is 13.1. The molecule has 6 nitrogen and oxygen atoms in total. The van der Waals surface area contributed by atoms with Gasteiger partial charge in [0.1, 0.15) is 10.1 Å². The molecule has 1 fully saturated rings. The van der Waals surface area contributed by atoms with Crippen LogP contribution in [0.3, 0.4) is 0 Å². The Hall–Kier alpha value is -2.32. The van der Waals surface area contributed by atoms with Gasteiger partial charge >= 0.3 is 5.97 Å². The molecule has 0 aliphatic carbocycles. The van der Waals surface area contributed by atoms with Crippen LogP contribution in [0.2, 0.25) is 0 Å². The first-order valence-electron chi connectivity index (χ1n) is 9.06. The number of methoxy groups -OCH3 is 1. The molecule has 146 valence electrons. The highest BCUT2D eigenvalue weighted by molar-refractivity contribution is 8.00. The van der Waals surface area contributed by atoms with Crippen molar-refractivity contribution in [2.75, 3.05) is 26.0 Å². The molecular formula is C20H21N3O3S2. The average molecular weight is 416 g/mol. The van der Waals surface area contributed by atoms with Crippen LogP contribution in [0.25, 0.3) is 10.2 Å². The van der Waals surface area contributed by atoms with E-state index in [2.05, 4.69) is 17.2 Å². The zero-order chi connectivity index (χ0) is 19.7. The van der Waals surface area contributed by atoms with Crippen LogP contribution in [-0.2, 0) is 16.1 Å². The van der Waals surface area contributed by atoms with Crippen molar-refractivity contribution in [3.63, 3.8) is 0 Å². The van der Waals surface area contributed by atoms with Gasteiger partial charge in [-0.05, 0) is 18.6 Å². The number of benzene rings is 1. The van der Waals surface area contributed by atoms with E-state index < -0.39 is 0 Å². The van der Waals surface area contributed by atoms with E-state index in [1.54, 1.807) is 16.7 Å². The van der Waals surface area contributed by atoms with Gasteiger partial charge in [0.05, 0.1) is 24.2 Å². The van der Waals surface area contributed by atoms with Gasteiger partial charge in [-0.1, -0.05) is 30.3 Å². The predicted molar refractivity (Wildman–Crippen MR) is 112 cm³/mol. The SMILES string of the molecule is COC(=O)[C@@H]1CN(C(=O)c2cc3c(C)nn(Cc4ccccc4)c3s2)CCS1. The molecule has 1 amide bonds. The van der Waals surface area contributed by atoms with Crippen LogP contribution in [0.5, 0.6) is 0 Å². The molecule has 0 N–H and O–H groups in total. The topological polar surface area (TPSA) is 64.4 Å². The molecule has 0 unspecified atom stereocenters. The summed E-state index contributed by atoms with van der Waals surface area (Å²) < 4.78 is 6.80. The van der Waals surface area contributed by atoms with Crippen LogP contribution in [0.15, 0.2) is 36.4 Å². The number of thioether (sulfide) groups is 1. The van der Waals surface area contributed by atoms with Gasteiger partial charge < -0.3 is 9.64 Å². The van der Waals surface area contributed by atoms with Crippen LogP contribution in [0.1, 0.15) is 20.9 Å². The number of hydrogen-bond acceptors (Lipinski definition) is 6. The summed E-state index contributed by atoms with van der Waals surface area (Å²) >= 11 is 3.01. The normalized spacial score (nSPS) is 17.1. The lowest BCUT2D eigenvalue weighted by atomic mass is 10.2. The van der Waals surface area contributed by atoms with E-state index in [0.29, 0.717) is 24.5 Å². The molecule has 8 heteroatoms. The largest absolute Gasteiger partial charge is 0.468 e. The Morgan fingerprint density at radius 1 is 1.29 bits per heavy atom. The Morgan fingerprint density at radius 3 is 2.82 bits per heavy atom. The highest BCUT2D eigenvalue weighted by atomic mass is 32.2. The maximum Gasteiger partial charge on any atom is 0.320 e. The molecule has 1 aromatic carbocycles. The van der Waals surface area contributed by atoms with Crippen LogP contribution in [0, 0.1) is 6.92 Å². The summed E-state index contributed by atoms with van der Waals surface area (Å²) in [4.78, 5) is 28.3. The lowest BCUT2D eigenvalue weighted by Gasteiger charge is -2.30. The van der Waals surface area contributed by atoms with Gasteiger partial charge in [-0.2, -0.15) is 5.10 Å². The molecule has 1 aliphatic heterocycles. The number of rotatable bonds is 4. The fourth-order valence-corrected chi connectivity index (χ4v) is 5.60. The molecule has 0 saturated carbocycles. The summed E-state index contributed by atoms with van der Waals surface area (Å²) in [6, 6.07) is 12.1. The number of carbonyl (C=O) groups excluding carboxylic acids is 2. The van der Waals surface area contributed by atoms with E-state index in [4.69, 9.17) is 4.74 Å². The fourth-order valence-electron chi connectivity index (χ4n) is 3.35. The summed E-state index contributed by atoms with van der Waals surface area (Å²) in [5.41, 5.74) is 2.09. The maximum atomic E-state index is 13.1. The second-order valence-corrected chi connectivity index (χ2v) is 9.03. The molecule has 0 radical (unpaired) electrons. The van der Waals surface area contributed by atoms with E-state index in [1.165, 1.54) is 24.0 Å². The Bertz CT molecular complexity index is 1010. The molecule has 1 aliphatic rings. The molecule has 4 rings (SSSR count). The third-order valence-electron chi connectivity index (χ3n) is 4.81. The van der Waals surface area contributed by atoms with Crippen molar-refractivity contribution in [2.45, 2.75) is 18.7 Å². The third kappa shape index (κ3) is 3.66. The molecule has 2 aromatic heterocycles. The minimum atomic E-state index is -0.313. The van der Waals surface area contributed by atoms with Gasteiger partial charge in [0.25, 0.3) is 5.91 Å². The zero-order valence-electron chi connectivity index (χ0n) is 15.8. The molecule has 1 atom stereocenters. The number of carbonyl (C=O) groups is 2.